The number of aromatic nitrogens is 5. The van der Waals surface area contributed by atoms with E-state index in [1.54, 1.807) is 16.9 Å². The molecule has 1 aliphatic rings. The molecule has 9 heteroatoms. The molecule has 1 aliphatic carbocycles. The first-order chi connectivity index (χ1) is 17.3. The van der Waals surface area contributed by atoms with E-state index < -0.39 is 6.10 Å². The molecule has 1 atom stereocenters. The van der Waals surface area contributed by atoms with Gasteiger partial charge in [0, 0.05) is 59.8 Å². The monoisotopic (exact) mass is 571 g/mol. The van der Waals surface area contributed by atoms with Gasteiger partial charge in [-0.1, -0.05) is 24.6 Å². The van der Waals surface area contributed by atoms with Crippen LogP contribution < -0.4 is 4.74 Å². The van der Waals surface area contributed by atoms with E-state index in [2.05, 4.69) is 26.0 Å². The Hall–Kier alpha value is -2.71. The molecule has 6 nitrogen and oxygen atoms in total. The lowest BCUT2D eigenvalue weighted by atomic mass is 9.95. The Bertz CT molecular complexity index is 1400. The van der Waals surface area contributed by atoms with Gasteiger partial charge in [-0.25, -0.2) is 4.39 Å². The lowest BCUT2D eigenvalue weighted by Gasteiger charge is -2.20. The summed E-state index contributed by atoms with van der Waals surface area (Å²) in [4.78, 5) is 4.46. The highest BCUT2D eigenvalue weighted by atomic mass is 79.9. The summed E-state index contributed by atoms with van der Waals surface area (Å²) in [6.07, 6.45) is 9.07. The minimum Gasteiger partial charge on any atom is -0.484 e. The van der Waals surface area contributed by atoms with E-state index in [4.69, 9.17) is 21.4 Å². The van der Waals surface area contributed by atoms with Crippen molar-refractivity contribution in [2.24, 2.45) is 13.0 Å². The summed E-state index contributed by atoms with van der Waals surface area (Å²) >= 11 is 9.96. The van der Waals surface area contributed by atoms with E-state index in [1.165, 1.54) is 25.0 Å². The smallest absolute Gasteiger partial charge is 0.154 e. The van der Waals surface area contributed by atoms with Gasteiger partial charge in [-0.05, 0) is 71.8 Å². The highest BCUT2D eigenvalue weighted by Crippen LogP contribution is 2.36. The molecule has 1 fully saturated rings. The Morgan fingerprint density at radius 1 is 1.17 bits per heavy atom. The second kappa shape index (κ2) is 10.3. The van der Waals surface area contributed by atoms with E-state index in [-0.39, 0.29) is 5.82 Å². The van der Waals surface area contributed by atoms with Crippen molar-refractivity contribution in [3.63, 3.8) is 0 Å². The van der Waals surface area contributed by atoms with Crippen LogP contribution in [0.2, 0.25) is 5.15 Å². The second-order valence-electron chi connectivity index (χ2n) is 9.39. The Balaban J connectivity index is 1.48. The highest BCUT2D eigenvalue weighted by molar-refractivity contribution is 9.10. The largest absolute Gasteiger partial charge is 0.484 e. The number of benzene rings is 1. The van der Waals surface area contributed by atoms with E-state index in [0.717, 1.165) is 51.1 Å². The maximum absolute atomic E-state index is 14.5. The van der Waals surface area contributed by atoms with Crippen molar-refractivity contribution in [2.45, 2.75) is 52.2 Å². The van der Waals surface area contributed by atoms with Crippen LogP contribution in [0.15, 0.2) is 47.3 Å². The van der Waals surface area contributed by atoms with Crippen LogP contribution in [-0.2, 0) is 26.4 Å². The van der Waals surface area contributed by atoms with Crippen LogP contribution in [0.5, 0.6) is 5.75 Å². The highest BCUT2D eigenvalue weighted by Gasteiger charge is 2.24. The molecule has 0 radical (unpaired) electrons. The molecule has 36 heavy (non-hydrogen) atoms. The van der Waals surface area contributed by atoms with Crippen LogP contribution in [0.4, 0.5) is 4.39 Å². The summed E-state index contributed by atoms with van der Waals surface area (Å²) in [5.74, 6) is 1.06. The van der Waals surface area contributed by atoms with Gasteiger partial charge in [0.05, 0.1) is 11.4 Å². The third-order valence-corrected chi connectivity index (χ3v) is 7.22. The van der Waals surface area contributed by atoms with E-state index >= 15 is 0 Å². The van der Waals surface area contributed by atoms with Crippen LogP contribution in [-0.4, -0.2) is 24.5 Å². The van der Waals surface area contributed by atoms with Crippen molar-refractivity contribution >= 4 is 27.5 Å². The first kappa shape index (κ1) is 25.0. The number of hydrogen-bond acceptors (Lipinski definition) is 4. The van der Waals surface area contributed by atoms with Gasteiger partial charge in [-0.3, -0.25) is 14.3 Å². The molecule has 1 aromatic carbocycles. The first-order valence-electron chi connectivity index (χ1n) is 12.2. The van der Waals surface area contributed by atoms with Crippen molar-refractivity contribution in [3.8, 4) is 16.9 Å². The van der Waals surface area contributed by atoms with Crippen LogP contribution in [0.25, 0.3) is 11.1 Å². The van der Waals surface area contributed by atoms with Crippen LogP contribution in [0.3, 0.4) is 0 Å². The third-order valence-electron chi connectivity index (χ3n) is 6.47. The Morgan fingerprint density at radius 2 is 1.97 bits per heavy atom. The molecular weight excluding hydrogens is 545 g/mol. The molecule has 0 spiro atoms. The summed E-state index contributed by atoms with van der Waals surface area (Å²) in [6.45, 7) is 4.85. The molecule has 0 bridgehead atoms. The minimum absolute atomic E-state index is 0.317. The molecule has 3 heterocycles. The van der Waals surface area contributed by atoms with Crippen molar-refractivity contribution in [1.82, 2.24) is 24.5 Å². The fraction of sp³-hybridized carbons (Fsp3) is 0.370. The Kier molecular flexibility index (Phi) is 7.17. The standard InChI is InChI=1S/C27H28BrClFN5O/c1-4-24-26(10-19(28)12-31-24)36-16(2)22-11-20(30)7-8-21(22)23-15-34(3)32-25(23)9-18-14-35(33-27(18)29)13-17-5-6-17/h7-8,10-12,14-17H,4-6,9,13H2,1-3H3/t16-/m1/s1. The van der Waals surface area contributed by atoms with Crippen LogP contribution in [0.1, 0.15) is 55.3 Å². The molecule has 1 saturated carbocycles. The zero-order valence-corrected chi connectivity index (χ0v) is 22.9. The van der Waals surface area contributed by atoms with Crippen molar-refractivity contribution in [1.29, 1.82) is 0 Å². The minimum atomic E-state index is -0.421. The lowest BCUT2D eigenvalue weighted by molar-refractivity contribution is 0.223. The van der Waals surface area contributed by atoms with Gasteiger partial charge in [-0.2, -0.15) is 10.2 Å². The molecule has 4 aromatic rings. The fourth-order valence-corrected chi connectivity index (χ4v) is 5.00. The zero-order chi connectivity index (χ0) is 25.4. The average molecular weight is 573 g/mol. The van der Waals surface area contributed by atoms with Crippen LogP contribution >= 0.6 is 27.5 Å². The third kappa shape index (κ3) is 5.49. The molecular formula is C27H28BrClFN5O. The fourth-order valence-electron chi connectivity index (χ4n) is 4.47. The summed E-state index contributed by atoms with van der Waals surface area (Å²) < 4.78 is 25.3. The molecule has 0 amide bonds. The summed E-state index contributed by atoms with van der Waals surface area (Å²) in [7, 11) is 1.88. The van der Waals surface area contributed by atoms with Gasteiger partial charge in [0.15, 0.2) is 5.15 Å². The number of aryl methyl sites for hydroxylation is 2. The predicted molar refractivity (Wildman–Crippen MR) is 142 cm³/mol. The Labute approximate surface area is 223 Å². The topological polar surface area (TPSA) is 57.8 Å². The predicted octanol–water partition coefficient (Wildman–Crippen LogP) is 6.94. The number of halogens is 3. The van der Waals surface area contributed by atoms with Gasteiger partial charge >= 0.3 is 0 Å². The number of hydrogen-bond donors (Lipinski definition) is 0. The molecule has 0 saturated heterocycles. The summed E-state index contributed by atoms with van der Waals surface area (Å²) in [5, 5.41) is 9.71. The molecule has 0 unspecified atom stereocenters. The van der Waals surface area contributed by atoms with Gasteiger partial charge in [-0.15, -0.1) is 0 Å². The molecule has 3 aromatic heterocycles. The Morgan fingerprint density at radius 3 is 2.72 bits per heavy atom. The van der Waals surface area contributed by atoms with E-state index in [0.29, 0.717) is 23.2 Å². The SMILES string of the molecule is CCc1ncc(Br)cc1O[C@H](C)c1cc(F)ccc1-c1cn(C)nc1Cc1cn(CC2CC2)nc1Cl. The molecule has 188 valence electrons. The first-order valence-corrected chi connectivity index (χ1v) is 13.3. The van der Waals surface area contributed by atoms with Crippen LogP contribution in [0, 0.1) is 11.7 Å². The average Bonchev–Trinajstić information content (AvgIpc) is 3.48. The van der Waals surface area contributed by atoms with E-state index in [1.807, 2.05) is 44.0 Å². The van der Waals surface area contributed by atoms with Gasteiger partial charge in [0.25, 0.3) is 0 Å². The molecule has 0 aliphatic heterocycles. The van der Waals surface area contributed by atoms with Gasteiger partial charge in [0.2, 0.25) is 0 Å². The summed E-state index contributed by atoms with van der Waals surface area (Å²) in [5.41, 5.74) is 5.15. The number of rotatable bonds is 9. The number of nitrogens with zero attached hydrogens (tertiary/aromatic N) is 5. The molecule has 5 rings (SSSR count). The van der Waals surface area contributed by atoms with Gasteiger partial charge < -0.3 is 4.74 Å². The van der Waals surface area contributed by atoms with Crippen molar-refractivity contribution < 1.29 is 9.13 Å². The summed E-state index contributed by atoms with van der Waals surface area (Å²) in [6, 6.07) is 6.71. The number of pyridine rings is 1. The quantitative estimate of drug-likeness (QED) is 0.218. The molecule has 0 N–H and O–H groups in total. The second-order valence-corrected chi connectivity index (χ2v) is 10.7. The van der Waals surface area contributed by atoms with Crippen molar-refractivity contribution in [3.05, 3.63) is 80.8 Å². The number of ether oxygens (including phenoxy) is 1. The zero-order valence-electron chi connectivity index (χ0n) is 20.5. The normalized spacial score (nSPS) is 14.3. The maximum atomic E-state index is 14.5. The lowest BCUT2D eigenvalue weighted by Crippen LogP contribution is -2.08. The van der Waals surface area contributed by atoms with E-state index in [9.17, 15) is 4.39 Å². The maximum Gasteiger partial charge on any atom is 0.154 e. The van der Waals surface area contributed by atoms with Gasteiger partial charge in [0.1, 0.15) is 17.7 Å². The van der Waals surface area contributed by atoms with Crippen molar-refractivity contribution in [2.75, 3.05) is 0 Å².